The number of aryl methyl sites for hydroxylation is 2. The molecule has 19 heavy (non-hydrogen) atoms. The zero-order valence-electron chi connectivity index (χ0n) is 12.8. The number of hydrogen-bond acceptors (Lipinski definition) is 2. The number of halogens is 1. The quantitative estimate of drug-likeness (QED) is 0.698. The third-order valence-corrected chi connectivity index (χ3v) is 4.39. The molecule has 0 aliphatic heterocycles. The predicted octanol–water partition coefficient (Wildman–Crippen LogP) is 3.80. The first-order valence-corrected chi connectivity index (χ1v) is 8.37. The van der Waals surface area contributed by atoms with Crippen LogP contribution in [0.3, 0.4) is 0 Å². The zero-order valence-corrected chi connectivity index (χ0v) is 14.4. The maximum Gasteiger partial charge on any atom is 0.0766 e. The van der Waals surface area contributed by atoms with Gasteiger partial charge in [0.25, 0.3) is 0 Å². The summed E-state index contributed by atoms with van der Waals surface area (Å²) in [7, 11) is 0. The van der Waals surface area contributed by atoms with Crippen molar-refractivity contribution in [2.24, 2.45) is 5.92 Å². The molecule has 0 amide bonds. The maximum absolute atomic E-state index is 4.66. The van der Waals surface area contributed by atoms with Crippen molar-refractivity contribution in [1.29, 1.82) is 0 Å². The van der Waals surface area contributed by atoms with Gasteiger partial charge < -0.3 is 5.32 Å². The number of aromatic nitrogens is 2. The largest absolute Gasteiger partial charge is 0.317 e. The number of nitrogens with zero attached hydrogens (tertiary/aromatic N) is 2. The van der Waals surface area contributed by atoms with E-state index < -0.39 is 0 Å². The van der Waals surface area contributed by atoms with Gasteiger partial charge in [0.15, 0.2) is 0 Å². The summed E-state index contributed by atoms with van der Waals surface area (Å²) in [6.45, 7) is 12.1. The molecule has 4 heteroatoms. The first-order valence-electron chi connectivity index (χ1n) is 7.58. The smallest absolute Gasteiger partial charge is 0.0766 e. The van der Waals surface area contributed by atoms with Gasteiger partial charge in [-0.2, -0.15) is 5.10 Å². The van der Waals surface area contributed by atoms with Gasteiger partial charge in [0, 0.05) is 6.54 Å². The summed E-state index contributed by atoms with van der Waals surface area (Å²) in [4.78, 5) is 0. The minimum Gasteiger partial charge on any atom is -0.317 e. The van der Waals surface area contributed by atoms with Crippen LogP contribution in [0.4, 0.5) is 0 Å². The molecule has 0 aliphatic carbocycles. The van der Waals surface area contributed by atoms with Crippen molar-refractivity contribution in [2.45, 2.75) is 59.9 Å². The van der Waals surface area contributed by atoms with Gasteiger partial charge in [-0.3, -0.25) is 4.68 Å². The zero-order chi connectivity index (χ0) is 14.3. The first-order chi connectivity index (χ1) is 9.13. The molecule has 1 rings (SSSR count). The average Bonchev–Trinajstić information content (AvgIpc) is 2.71. The third kappa shape index (κ3) is 4.92. The molecule has 1 aromatic heterocycles. The Morgan fingerprint density at radius 3 is 2.58 bits per heavy atom. The van der Waals surface area contributed by atoms with Crippen molar-refractivity contribution in [3.05, 3.63) is 15.9 Å². The lowest BCUT2D eigenvalue weighted by atomic mass is 10.0. The van der Waals surface area contributed by atoms with Crippen molar-refractivity contribution in [3.8, 4) is 0 Å². The Labute approximate surface area is 126 Å². The average molecular weight is 330 g/mol. The molecule has 0 saturated carbocycles. The minimum absolute atomic E-state index is 0.687. The highest BCUT2D eigenvalue weighted by molar-refractivity contribution is 9.10. The molecule has 3 nitrogen and oxygen atoms in total. The molecule has 0 bridgehead atoms. The van der Waals surface area contributed by atoms with Gasteiger partial charge in [-0.25, -0.2) is 0 Å². The van der Waals surface area contributed by atoms with Crippen molar-refractivity contribution >= 4 is 15.9 Å². The van der Waals surface area contributed by atoms with Crippen LogP contribution in [0.5, 0.6) is 0 Å². The van der Waals surface area contributed by atoms with Crippen molar-refractivity contribution in [2.75, 3.05) is 13.1 Å². The second-order valence-electron chi connectivity index (χ2n) is 5.22. The summed E-state index contributed by atoms with van der Waals surface area (Å²) in [5, 5.41) is 8.14. The molecule has 1 unspecified atom stereocenters. The fourth-order valence-electron chi connectivity index (χ4n) is 2.29. The fourth-order valence-corrected chi connectivity index (χ4v) is 3.02. The summed E-state index contributed by atoms with van der Waals surface area (Å²) in [6.07, 6.45) is 4.54. The standard InChI is InChI=1S/C15H28BrN3/c1-5-9-17-10-8-12(4)11-14-15(16)13(6-2)18-19(14)7-3/h12,17H,5-11H2,1-4H3. The molecule has 0 aromatic carbocycles. The van der Waals surface area contributed by atoms with Crippen LogP contribution < -0.4 is 5.32 Å². The Morgan fingerprint density at radius 1 is 1.26 bits per heavy atom. The van der Waals surface area contributed by atoms with Crippen LogP contribution in [0.25, 0.3) is 0 Å². The van der Waals surface area contributed by atoms with E-state index >= 15 is 0 Å². The molecular formula is C15H28BrN3. The second kappa shape index (κ2) is 8.75. The molecule has 0 saturated heterocycles. The lowest BCUT2D eigenvalue weighted by Crippen LogP contribution is -2.19. The number of rotatable bonds is 9. The van der Waals surface area contributed by atoms with E-state index in [0.29, 0.717) is 5.92 Å². The van der Waals surface area contributed by atoms with Crippen molar-refractivity contribution in [1.82, 2.24) is 15.1 Å². The van der Waals surface area contributed by atoms with Gasteiger partial charge >= 0.3 is 0 Å². The molecule has 1 heterocycles. The van der Waals surface area contributed by atoms with E-state index in [2.05, 4.69) is 58.7 Å². The SMILES string of the molecule is CCCNCCC(C)Cc1c(Br)c(CC)nn1CC. The number of nitrogens with one attached hydrogen (secondary N) is 1. The van der Waals surface area contributed by atoms with E-state index in [-0.39, 0.29) is 0 Å². The van der Waals surface area contributed by atoms with Gasteiger partial charge in [-0.1, -0.05) is 20.8 Å². The van der Waals surface area contributed by atoms with Crippen LogP contribution in [0.2, 0.25) is 0 Å². The summed E-state index contributed by atoms with van der Waals surface area (Å²) in [5.74, 6) is 0.687. The van der Waals surface area contributed by atoms with Crippen molar-refractivity contribution < 1.29 is 0 Å². The molecule has 1 N–H and O–H groups in total. The second-order valence-corrected chi connectivity index (χ2v) is 6.02. The topological polar surface area (TPSA) is 29.9 Å². The van der Waals surface area contributed by atoms with Gasteiger partial charge in [0.2, 0.25) is 0 Å². The molecule has 1 aromatic rings. The van der Waals surface area contributed by atoms with E-state index in [1.165, 1.54) is 28.7 Å². The van der Waals surface area contributed by atoms with E-state index in [9.17, 15) is 0 Å². The van der Waals surface area contributed by atoms with Gasteiger partial charge in [-0.15, -0.1) is 0 Å². The highest BCUT2D eigenvalue weighted by Crippen LogP contribution is 2.25. The van der Waals surface area contributed by atoms with Crippen LogP contribution in [0.1, 0.15) is 51.9 Å². The lowest BCUT2D eigenvalue weighted by Gasteiger charge is -2.13. The molecular weight excluding hydrogens is 302 g/mol. The summed E-state index contributed by atoms with van der Waals surface area (Å²) in [6, 6.07) is 0. The molecule has 0 aliphatic rings. The fraction of sp³-hybridized carbons (Fsp3) is 0.800. The Hall–Kier alpha value is -0.350. The summed E-state index contributed by atoms with van der Waals surface area (Å²) >= 11 is 3.73. The Kier molecular flexibility index (Phi) is 7.69. The predicted molar refractivity (Wildman–Crippen MR) is 85.6 cm³/mol. The summed E-state index contributed by atoms with van der Waals surface area (Å²) in [5.41, 5.74) is 2.55. The minimum atomic E-state index is 0.687. The molecule has 0 fully saturated rings. The van der Waals surface area contributed by atoms with Gasteiger partial charge in [0.1, 0.15) is 0 Å². The first kappa shape index (κ1) is 16.7. The van der Waals surface area contributed by atoms with Crippen LogP contribution in [0.15, 0.2) is 4.47 Å². The monoisotopic (exact) mass is 329 g/mol. The molecule has 0 radical (unpaired) electrons. The van der Waals surface area contributed by atoms with Crippen LogP contribution >= 0.6 is 15.9 Å². The summed E-state index contributed by atoms with van der Waals surface area (Å²) < 4.78 is 3.38. The van der Waals surface area contributed by atoms with E-state index in [1.54, 1.807) is 0 Å². The highest BCUT2D eigenvalue weighted by Gasteiger charge is 2.16. The van der Waals surface area contributed by atoms with Crippen molar-refractivity contribution in [3.63, 3.8) is 0 Å². The van der Waals surface area contributed by atoms with Crippen LogP contribution in [-0.2, 0) is 19.4 Å². The Balaban J connectivity index is 2.57. The van der Waals surface area contributed by atoms with E-state index in [1.807, 2.05) is 0 Å². The lowest BCUT2D eigenvalue weighted by molar-refractivity contribution is 0.476. The maximum atomic E-state index is 4.66. The highest BCUT2D eigenvalue weighted by atomic mass is 79.9. The van der Waals surface area contributed by atoms with Gasteiger partial charge in [-0.05, 0) is 67.5 Å². The van der Waals surface area contributed by atoms with E-state index in [0.717, 1.165) is 32.5 Å². The van der Waals surface area contributed by atoms with Crippen LogP contribution in [0, 0.1) is 5.92 Å². The molecule has 0 spiro atoms. The third-order valence-electron chi connectivity index (χ3n) is 3.48. The Bertz CT molecular complexity index is 374. The number of hydrogen-bond donors (Lipinski definition) is 1. The Morgan fingerprint density at radius 2 is 2.00 bits per heavy atom. The molecule has 110 valence electrons. The normalized spacial score (nSPS) is 12.9. The van der Waals surface area contributed by atoms with Crippen LogP contribution in [-0.4, -0.2) is 22.9 Å². The van der Waals surface area contributed by atoms with E-state index in [4.69, 9.17) is 0 Å². The molecule has 1 atom stereocenters. The van der Waals surface area contributed by atoms with Gasteiger partial charge in [0.05, 0.1) is 15.9 Å².